The van der Waals surface area contributed by atoms with E-state index in [1.807, 2.05) is 0 Å². The molecule has 0 radical (unpaired) electrons. The minimum Gasteiger partial charge on any atom is -0.486 e. The van der Waals surface area contributed by atoms with Gasteiger partial charge < -0.3 is 13.9 Å². The third-order valence-corrected chi connectivity index (χ3v) is 4.57. The number of furan rings is 1. The molecule has 1 N–H and O–H groups in total. The summed E-state index contributed by atoms with van der Waals surface area (Å²) in [4.78, 5) is 0.166. The predicted octanol–water partition coefficient (Wildman–Crippen LogP) is 1.57. The average Bonchev–Trinajstić information content (AvgIpc) is 3.00. The molecule has 0 bridgehead atoms. The van der Waals surface area contributed by atoms with Crippen molar-refractivity contribution in [1.29, 1.82) is 0 Å². The smallest absolute Gasteiger partial charge is 0.240 e. The number of sulfonamides is 1. The molecule has 0 aliphatic carbocycles. The van der Waals surface area contributed by atoms with E-state index in [4.69, 9.17) is 13.9 Å². The highest BCUT2D eigenvalue weighted by atomic mass is 32.2. The molecule has 1 aromatic heterocycles. The molecule has 0 unspecified atom stereocenters. The van der Waals surface area contributed by atoms with Crippen LogP contribution in [0, 0.1) is 0 Å². The highest BCUT2D eigenvalue weighted by molar-refractivity contribution is 7.89. The van der Waals surface area contributed by atoms with Gasteiger partial charge in [0.05, 0.1) is 17.4 Å². The number of nitrogens with one attached hydrogen (secondary N) is 1. The Morgan fingerprint density at radius 1 is 1.10 bits per heavy atom. The zero-order chi connectivity index (χ0) is 14.7. The minimum atomic E-state index is -3.56. The normalized spacial score (nSPS) is 14.1. The molecule has 0 fully saturated rings. The lowest BCUT2D eigenvalue weighted by molar-refractivity contribution is 0.171. The largest absolute Gasteiger partial charge is 0.486 e. The van der Waals surface area contributed by atoms with E-state index in [2.05, 4.69) is 4.72 Å². The van der Waals surface area contributed by atoms with Crippen molar-refractivity contribution in [2.45, 2.75) is 11.3 Å². The van der Waals surface area contributed by atoms with Crippen LogP contribution in [0.5, 0.6) is 11.5 Å². The third-order valence-electron chi connectivity index (χ3n) is 3.11. The van der Waals surface area contributed by atoms with E-state index in [9.17, 15) is 8.42 Å². The molecule has 0 spiro atoms. The Labute approximate surface area is 122 Å². The zero-order valence-electron chi connectivity index (χ0n) is 11.2. The summed E-state index contributed by atoms with van der Waals surface area (Å²) in [5.74, 6) is 1.03. The molecule has 7 heteroatoms. The first-order chi connectivity index (χ1) is 10.1. The van der Waals surface area contributed by atoms with Gasteiger partial charge >= 0.3 is 0 Å². The van der Waals surface area contributed by atoms with Gasteiger partial charge in [-0.15, -0.1) is 0 Å². The second-order valence-corrected chi connectivity index (χ2v) is 6.35. The fourth-order valence-electron chi connectivity index (χ4n) is 2.04. The number of ether oxygens (including phenoxy) is 2. The first-order valence-electron chi connectivity index (χ1n) is 6.55. The highest BCUT2D eigenvalue weighted by Gasteiger charge is 2.18. The number of rotatable bonds is 5. The van der Waals surface area contributed by atoms with Gasteiger partial charge in [-0.05, 0) is 30.2 Å². The Bertz CT molecular complexity index is 709. The summed E-state index contributed by atoms with van der Waals surface area (Å²) in [5.41, 5.74) is 0.944. The molecule has 0 saturated carbocycles. The summed E-state index contributed by atoms with van der Waals surface area (Å²) < 4.78 is 42.7. The van der Waals surface area contributed by atoms with Crippen LogP contribution in [0.25, 0.3) is 0 Å². The van der Waals surface area contributed by atoms with Crippen molar-refractivity contribution >= 4 is 10.0 Å². The van der Waals surface area contributed by atoms with Gasteiger partial charge in [-0.25, -0.2) is 13.1 Å². The molecule has 0 atom stereocenters. The first-order valence-corrected chi connectivity index (χ1v) is 8.04. The molecule has 0 amide bonds. The number of fused-ring (bicyclic) bond motifs is 1. The Kier molecular flexibility index (Phi) is 3.85. The lowest BCUT2D eigenvalue weighted by Crippen LogP contribution is -2.26. The van der Waals surface area contributed by atoms with Crippen LogP contribution < -0.4 is 14.2 Å². The standard InChI is InChI=1S/C14H15NO5S/c16-21(17,15-5-3-11-4-6-18-10-11)12-1-2-13-14(9-12)20-8-7-19-13/h1-2,4,6,9-10,15H,3,5,7-8H2. The van der Waals surface area contributed by atoms with Crippen molar-refractivity contribution in [2.24, 2.45) is 0 Å². The molecule has 1 aliphatic rings. The van der Waals surface area contributed by atoms with Crippen molar-refractivity contribution < 1.29 is 22.3 Å². The molecule has 2 aromatic rings. The summed E-state index contributed by atoms with van der Waals surface area (Å²) in [5, 5.41) is 0. The van der Waals surface area contributed by atoms with Crippen molar-refractivity contribution in [3.63, 3.8) is 0 Å². The number of hydrogen-bond donors (Lipinski definition) is 1. The van der Waals surface area contributed by atoms with Gasteiger partial charge in [0.2, 0.25) is 10.0 Å². The summed E-state index contributed by atoms with van der Waals surface area (Å²) >= 11 is 0. The fraction of sp³-hybridized carbons (Fsp3) is 0.286. The maximum absolute atomic E-state index is 12.2. The summed E-state index contributed by atoms with van der Waals surface area (Å²) in [7, 11) is -3.56. The van der Waals surface area contributed by atoms with Crippen LogP contribution in [0.1, 0.15) is 5.56 Å². The van der Waals surface area contributed by atoms with Crippen molar-refractivity contribution in [3.05, 3.63) is 42.4 Å². The zero-order valence-corrected chi connectivity index (χ0v) is 12.1. The van der Waals surface area contributed by atoms with Gasteiger partial charge in [-0.2, -0.15) is 0 Å². The van der Waals surface area contributed by atoms with Crippen molar-refractivity contribution in [2.75, 3.05) is 19.8 Å². The van der Waals surface area contributed by atoms with Crippen LogP contribution in [-0.4, -0.2) is 28.2 Å². The summed E-state index contributed by atoms with van der Waals surface area (Å²) in [6.45, 7) is 1.20. The Morgan fingerprint density at radius 3 is 2.67 bits per heavy atom. The first kappa shape index (κ1) is 14.0. The lowest BCUT2D eigenvalue weighted by atomic mass is 10.2. The van der Waals surface area contributed by atoms with Gasteiger partial charge in [-0.3, -0.25) is 0 Å². The van der Waals surface area contributed by atoms with Gasteiger partial charge in [0, 0.05) is 12.6 Å². The Morgan fingerprint density at radius 2 is 1.90 bits per heavy atom. The molecule has 3 rings (SSSR count). The van der Waals surface area contributed by atoms with Gasteiger partial charge in [0.1, 0.15) is 13.2 Å². The highest BCUT2D eigenvalue weighted by Crippen LogP contribution is 2.32. The van der Waals surface area contributed by atoms with Crippen LogP contribution in [-0.2, 0) is 16.4 Å². The van der Waals surface area contributed by atoms with Gasteiger partial charge in [0.25, 0.3) is 0 Å². The second-order valence-electron chi connectivity index (χ2n) is 4.58. The van der Waals surface area contributed by atoms with E-state index in [-0.39, 0.29) is 4.90 Å². The van der Waals surface area contributed by atoms with Gasteiger partial charge in [0.15, 0.2) is 11.5 Å². The number of benzene rings is 1. The SMILES string of the molecule is O=S(=O)(NCCc1ccoc1)c1ccc2c(c1)OCCO2. The van der Waals surface area contributed by atoms with E-state index in [0.29, 0.717) is 37.7 Å². The topological polar surface area (TPSA) is 77.8 Å². The Balaban J connectivity index is 1.69. The van der Waals surface area contributed by atoms with Gasteiger partial charge in [-0.1, -0.05) is 0 Å². The fourth-order valence-corrected chi connectivity index (χ4v) is 3.09. The Hall–Kier alpha value is -1.99. The van der Waals surface area contributed by atoms with Crippen LogP contribution in [0.2, 0.25) is 0 Å². The maximum Gasteiger partial charge on any atom is 0.240 e. The van der Waals surface area contributed by atoms with E-state index >= 15 is 0 Å². The third kappa shape index (κ3) is 3.20. The quantitative estimate of drug-likeness (QED) is 0.907. The molecular formula is C14H15NO5S. The van der Waals surface area contributed by atoms with Crippen LogP contribution in [0.3, 0.4) is 0 Å². The second kappa shape index (κ2) is 5.79. The van der Waals surface area contributed by atoms with E-state index in [1.165, 1.54) is 12.1 Å². The molecule has 2 heterocycles. The van der Waals surface area contributed by atoms with Crippen LogP contribution in [0.15, 0.2) is 46.1 Å². The molecular weight excluding hydrogens is 294 g/mol. The van der Waals surface area contributed by atoms with E-state index in [0.717, 1.165) is 5.56 Å². The van der Waals surface area contributed by atoms with Crippen LogP contribution >= 0.6 is 0 Å². The molecule has 1 aliphatic heterocycles. The molecule has 21 heavy (non-hydrogen) atoms. The van der Waals surface area contributed by atoms with Crippen molar-refractivity contribution in [3.8, 4) is 11.5 Å². The maximum atomic E-state index is 12.2. The minimum absolute atomic E-state index is 0.166. The monoisotopic (exact) mass is 309 g/mol. The predicted molar refractivity (Wildman–Crippen MR) is 75.0 cm³/mol. The van der Waals surface area contributed by atoms with Crippen molar-refractivity contribution in [1.82, 2.24) is 4.72 Å². The molecule has 112 valence electrons. The molecule has 0 saturated heterocycles. The van der Waals surface area contributed by atoms with Crippen LogP contribution in [0.4, 0.5) is 0 Å². The molecule has 6 nitrogen and oxygen atoms in total. The summed E-state index contributed by atoms with van der Waals surface area (Å²) in [6, 6.07) is 6.40. The lowest BCUT2D eigenvalue weighted by Gasteiger charge is -2.18. The molecule has 1 aromatic carbocycles. The van der Waals surface area contributed by atoms with E-state index < -0.39 is 10.0 Å². The average molecular weight is 309 g/mol. The number of hydrogen-bond acceptors (Lipinski definition) is 5. The van der Waals surface area contributed by atoms with E-state index in [1.54, 1.807) is 24.7 Å². The summed E-state index contributed by atoms with van der Waals surface area (Å²) in [6.07, 6.45) is 3.73.